The van der Waals surface area contributed by atoms with E-state index in [1.165, 1.54) is 11.1 Å². The van der Waals surface area contributed by atoms with Gasteiger partial charge in [-0.1, -0.05) is 35.9 Å². The highest BCUT2D eigenvalue weighted by molar-refractivity contribution is 7.13. The molecule has 0 unspecified atom stereocenters. The Labute approximate surface area is 134 Å². The summed E-state index contributed by atoms with van der Waals surface area (Å²) in [6, 6.07) is 16.4. The quantitative estimate of drug-likeness (QED) is 0.739. The topological polar surface area (TPSA) is 34.1 Å². The van der Waals surface area contributed by atoms with Crippen LogP contribution in [0, 0.1) is 6.92 Å². The first kappa shape index (κ1) is 14.6. The lowest BCUT2D eigenvalue weighted by atomic mass is 10.2. The van der Waals surface area contributed by atoms with E-state index in [0.29, 0.717) is 6.54 Å². The minimum atomic E-state index is 0.704. The number of anilines is 1. The number of hydrogen-bond donors (Lipinski definition) is 1. The van der Waals surface area contributed by atoms with Gasteiger partial charge in [-0.25, -0.2) is 4.98 Å². The van der Waals surface area contributed by atoms with Crippen LogP contribution in [-0.2, 0) is 6.54 Å². The van der Waals surface area contributed by atoms with Crippen LogP contribution in [0.15, 0.2) is 53.9 Å². The molecule has 3 aromatic rings. The maximum absolute atomic E-state index is 5.22. The molecular formula is C18H18N2OS. The second-order valence-corrected chi connectivity index (χ2v) is 5.95. The van der Waals surface area contributed by atoms with E-state index < -0.39 is 0 Å². The molecule has 0 aliphatic rings. The molecule has 0 radical (unpaired) electrons. The first-order valence-corrected chi connectivity index (χ1v) is 8.02. The first-order chi connectivity index (χ1) is 10.7. The van der Waals surface area contributed by atoms with Crippen molar-refractivity contribution in [2.24, 2.45) is 0 Å². The Morgan fingerprint density at radius 2 is 1.95 bits per heavy atom. The minimum Gasteiger partial charge on any atom is -0.497 e. The predicted molar refractivity (Wildman–Crippen MR) is 92.6 cm³/mol. The summed E-state index contributed by atoms with van der Waals surface area (Å²) >= 11 is 1.68. The molecule has 1 heterocycles. The van der Waals surface area contributed by atoms with Gasteiger partial charge in [0.15, 0.2) is 0 Å². The van der Waals surface area contributed by atoms with Gasteiger partial charge in [-0.05, 0) is 19.1 Å². The van der Waals surface area contributed by atoms with Crippen LogP contribution in [0.1, 0.15) is 11.3 Å². The summed E-state index contributed by atoms with van der Waals surface area (Å²) in [6.45, 7) is 2.80. The van der Waals surface area contributed by atoms with Crippen molar-refractivity contribution in [2.45, 2.75) is 13.5 Å². The van der Waals surface area contributed by atoms with Crippen LogP contribution in [0.25, 0.3) is 10.6 Å². The van der Waals surface area contributed by atoms with Crippen LogP contribution in [0.4, 0.5) is 5.69 Å². The molecule has 2 aromatic carbocycles. The average molecular weight is 310 g/mol. The fourth-order valence-corrected chi connectivity index (χ4v) is 2.97. The molecule has 0 bridgehead atoms. The largest absolute Gasteiger partial charge is 0.497 e. The Bertz CT molecular complexity index is 750. The van der Waals surface area contributed by atoms with Gasteiger partial charge in [0, 0.05) is 22.7 Å². The van der Waals surface area contributed by atoms with Gasteiger partial charge in [0.05, 0.1) is 19.3 Å². The van der Waals surface area contributed by atoms with Gasteiger partial charge in [-0.3, -0.25) is 0 Å². The van der Waals surface area contributed by atoms with Crippen LogP contribution in [0.5, 0.6) is 5.75 Å². The third-order valence-corrected chi connectivity index (χ3v) is 4.33. The van der Waals surface area contributed by atoms with Gasteiger partial charge in [0.25, 0.3) is 0 Å². The SMILES string of the molecule is COc1cccc(NCc2csc(-c3ccc(C)cc3)n2)c1. The zero-order valence-electron chi connectivity index (χ0n) is 12.7. The normalized spacial score (nSPS) is 10.5. The molecule has 0 atom stereocenters. The number of nitrogens with one attached hydrogen (secondary N) is 1. The van der Waals surface area contributed by atoms with Crippen LogP contribution in [0.2, 0.25) is 0 Å². The number of benzene rings is 2. The second kappa shape index (κ2) is 6.62. The smallest absolute Gasteiger partial charge is 0.123 e. The highest BCUT2D eigenvalue weighted by atomic mass is 32.1. The lowest BCUT2D eigenvalue weighted by Gasteiger charge is -2.06. The molecule has 22 heavy (non-hydrogen) atoms. The number of rotatable bonds is 5. The van der Waals surface area contributed by atoms with Crippen molar-refractivity contribution in [3.8, 4) is 16.3 Å². The molecule has 0 saturated carbocycles. The van der Waals surface area contributed by atoms with Gasteiger partial charge >= 0.3 is 0 Å². The van der Waals surface area contributed by atoms with Crippen molar-refractivity contribution < 1.29 is 4.74 Å². The zero-order chi connectivity index (χ0) is 15.4. The molecule has 3 nitrogen and oxygen atoms in total. The third kappa shape index (κ3) is 3.46. The molecule has 0 spiro atoms. The fraction of sp³-hybridized carbons (Fsp3) is 0.167. The van der Waals surface area contributed by atoms with E-state index in [1.807, 2.05) is 24.3 Å². The zero-order valence-corrected chi connectivity index (χ0v) is 13.5. The van der Waals surface area contributed by atoms with Crippen molar-refractivity contribution in [3.63, 3.8) is 0 Å². The minimum absolute atomic E-state index is 0.704. The maximum Gasteiger partial charge on any atom is 0.123 e. The van der Waals surface area contributed by atoms with Gasteiger partial charge in [-0.15, -0.1) is 11.3 Å². The van der Waals surface area contributed by atoms with E-state index in [9.17, 15) is 0 Å². The van der Waals surface area contributed by atoms with Crippen molar-refractivity contribution in [1.29, 1.82) is 0 Å². The Hall–Kier alpha value is -2.33. The van der Waals surface area contributed by atoms with E-state index in [1.54, 1.807) is 18.4 Å². The molecule has 4 heteroatoms. The summed E-state index contributed by atoms with van der Waals surface area (Å²) in [5.41, 5.74) is 4.51. The lowest BCUT2D eigenvalue weighted by Crippen LogP contribution is -1.99. The molecule has 0 saturated heterocycles. The molecule has 1 N–H and O–H groups in total. The number of hydrogen-bond acceptors (Lipinski definition) is 4. The van der Waals surface area contributed by atoms with Crippen LogP contribution < -0.4 is 10.1 Å². The monoisotopic (exact) mass is 310 g/mol. The summed E-state index contributed by atoms with van der Waals surface area (Å²) in [7, 11) is 1.67. The van der Waals surface area contributed by atoms with Crippen molar-refractivity contribution in [3.05, 3.63) is 65.2 Å². The average Bonchev–Trinajstić information content (AvgIpc) is 3.03. The first-order valence-electron chi connectivity index (χ1n) is 7.14. The highest BCUT2D eigenvalue weighted by Crippen LogP contribution is 2.24. The van der Waals surface area contributed by atoms with Gasteiger partial charge in [0.1, 0.15) is 10.8 Å². The lowest BCUT2D eigenvalue weighted by molar-refractivity contribution is 0.415. The Morgan fingerprint density at radius 3 is 2.73 bits per heavy atom. The Morgan fingerprint density at radius 1 is 1.14 bits per heavy atom. The Kier molecular flexibility index (Phi) is 4.39. The van der Waals surface area contributed by atoms with Crippen LogP contribution in [-0.4, -0.2) is 12.1 Å². The van der Waals surface area contributed by atoms with E-state index in [-0.39, 0.29) is 0 Å². The number of aryl methyl sites for hydroxylation is 1. The Balaban J connectivity index is 1.67. The summed E-state index contributed by atoms with van der Waals surface area (Å²) in [5.74, 6) is 0.851. The molecule has 1 aromatic heterocycles. The summed E-state index contributed by atoms with van der Waals surface area (Å²) < 4.78 is 5.22. The third-order valence-electron chi connectivity index (χ3n) is 3.39. The van der Waals surface area contributed by atoms with E-state index in [4.69, 9.17) is 9.72 Å². The van der Waals surface area contributed by atoms with E-state index in [2.05, 4.69) is 41.9 Å². The van der Waals surface area contributed by atoms with Crippen LogP contribution >= 0.6 is 11.3 Å². The van der Waals surface area contributed by atoms with Gasteiger partial charge < -0.3 is 10.1 Å². The maximum atomic E-state index is 5.22. The molecule has 0 aliphatic carbocycles. The molecule has 112 valence electrons. The second-order valence-electron chi connectivity index (χ2n) is 5.10. The molecule has 3 rings (SSSR count). The molecular weight excluding hydrogens is 292 g/mol. The number of nitrogens with zero attached hydrogens (tertiary/aromatic N) is 1. The molecule has 0 fully saturated rings. The fourth-order valence-electron chi connectivity index (χ4n) is 2.14. The highest BCUT2D eigenvalue weighted by Gasteiger charge is 2.05. The van der Waals surface area contributed by atoms with Gasteiger partial charge in [0.2, 0.25) is 0 Å². The van der Waals surface area contributed by atoms with Gasteiger partial charge in [-0.2, -0.15) is 0 Å². The predicted octanol–water partition coefficient (Wildman–Crippen LogP) is 4.74. The van der Waals surface area contributed by atoms with Crippen molar-refractivity contribution in [1.82, 2.24) is 4.98 Å². The van der Waals surface area contributed by atoms with E-state index >= 15 is 0 Å². The molecule has 0 aliphatic heterocycles. The van der Waals surface area contributed by atoms with Crippen molar-refractivity contribution in [2.75, 3.05) is 12.4 Å². The van der Waals surface area contributed by atoms with Crippen LogP contribution in [0.3, 0.4) is 0 Å². The summed E-state index contributed by atoms with van der Waals surface area (Å²) in [5, 5.41) is 6.53. The number of aromatic nitrogens is 1. The summed E-state index contributed by atoms with van der Waals surface area (Å²) in [6.07, 6.45) is 0. The number of ether oxygens (including phenoxy) is 1. The number of thiazole rings is 1. The van der Waals surface area contributed by atoms with Crippen molar-refractivity contribution >= 4 is 17.0 Å². The van der Waals surface area contributed by atoms with E-state index in [0.717, 1.165) is 22.1 Å². The standard InChI is InChI=1S/C18H18N2OS/c1-13-6-8-14(9-7-13)18-20-16(12-22-18)11-19-15-4-3-5-17(10-15)21-2/h3-10,12,19H,11H2,1-2H3. The number of methoxy groups -OCH3 is 1. The molecule has 0 amide bonds. The summed E-state index contributed by atoms with van der Waals surface area (Å²) in [4.78, 5) is 4.69.